The van der Waals surface area contributed by atoms with Crippen molar-refractivity contribution in [3.05, 3.63) is 53.9 Å². The first-order valence-electron chi connectivity index (χ1n) is 8.87. The van der Waals surface area contributed by atoms with Gasteiger partial charge in [0.15, 0.2) is 0 Å². The molecule has 0 saturated heterocycles. The van der Waals surface area contributed by atoms with Crippen LogP contribution in [-0.4, -0.2) is 18.5 Å². The highest BCUT2D eigenvalue weighted by atomic mass is 19.1. The average Bonchev–Trinajstić information content (AvgIpc) is 3.47. The molecule has 2 fully saturated rings. The number of halogens is 1. The normalized spacial score (nSPS) is 28.4. The van der Waals surface area contributed by atoms with Crippen molar-refractivity contribution in [2.45, 2.75) is 31.7 Å². The minimum Gasteiger partial charge on any atom is -0.325 e. The van der Waals surface area contributed by atoms with Crippen molar-refractivity contribution in [3.8, 4) is 0 Å². The number of carbonyl (C=O) groups excluding carboxylic acids is 1. The maximum Gasteiger partial charge on any atom is 0.231 e. The molecule has 24 heavy (non-hydrogen) atoms. The number of anilines is 1. The van der Waals surface area contributed by atoms with E-state index in [-0.39, 0.29) is 17.6 Å². The van der Waals surface area contributed by atoms with Gasteiger partial charge in [-0.05, 0) is 61.9 Å². The summed E-state index contributed by atoms with van der Waals surface area (Å²) in [5, 5.41) is 6.46. The number of hydrogen-bond acceptors (Lipinski definition) is 2. The van der Waals surface area contributed by atoms with Gasteiger partial charge in [-0.3, -0.25) is 4.79 Å². The molecule has 3 nitrogen and oxygen atoms in total. The predicted octanol–water partition coefficient (Wildman–Crippen LogP) is 3.65. The number of nitrogens with one attached hydrogen (secondary N) is 2. The van der Waals surface area contributed by atoms with E-state index in [9.17, 15) is 9.18 Å². The van der Waals surface area contributed by atoms with Crippen molar-refractivity contribution in [1.82, 2.24) is 5.32 Å². The third-order valence-electron chi connectivity index (χ3n) is 5.11. The second kappa shape index (κ2) is 6.52. The standard InChI is InChI=1S/C20H23FN2O/c21-16-5-2-6-17(10-16)23-20(24)15-4-1-3-14(9-15)18-11-19(18)22-12-13-7-8-13/h1-3,5-6,9-10,13,15,18-19,22H,4,7-8,11-12H2,(H,23,24). The molecular formula is C20H23FN2O. The zero-order valence-electron chi connectivity index (χ0n) is 13.7. The number of allylic oxidation sites excluding steroid dienone is 2. The largest absolute Gasteiger partial charge is 0.325 e. The molecule has 3 unspecified atom stereocenters. The van der Waals surface area contributed by atoms with Crippen LogP contribution in [0.5, 0.6) is 0 Å². The van der Waals surface area contributed by atoms with E-state index in [1.165, 1.54) is 37.0 Å². The van der Waals surface area contributed by atoms with E-state index in [1.54, 1.807) is 12.1 Å². The quantitative estimate of drug-likeness (QED) is 0.838. The van der Waals surface area contributed by atoms with Crippen LogP contribution in [0.1, 0.15) is 25.7 Å². The highest BCUT2D eigenvalue weighted by molar-refractivity contribution is 5.94. The Morgan fingerprint density at radius 1 is 1.29 bits per heavy atom. The van der Waals surface area contributed by atoms with Crippen LogP contribution in [0.4, 0.5) is 10.1 Å². The van der Waals surface area contributed by atoms with E-state index in [0.717, 1.165) is 12.5 Å². The smallest absolute Gasteiger partial charge is 0.231 e. The molecule has 0 aromatic heterocycles. The summed E-state index contributed by atoms with van der Waals surface area (Å²) in [7, 11) is 0. The first-order chi connectivity index (χ1) is 11.7. The summed E-state index contributed by atoms with van der Waals surface area (Å²) in [5.41, 5.74) is 1.79. The van der Waals surface area contributed by atoms with Crippen LogP contribution in [0, 0.1) is 23.6 Å². The first-order valence-corrected chi connectivity index (χ1v) is 8.87. The third-order valence-corrected chi connectivity index (χ3v) is 5.11. The van der Waals surface area contributed by atoms with Gasteiger partial charge in [-0.1, -0.05) is 24.3 Å². The molecule has 0 heterocycles. The Balaban J connectivity index is 1.34. The number of carbonyl (C=O) groups is 1. The van der Waals surface area contributed by atoms with Crippen LogP contribution in [-0.2, 0) is 4.79 Å². The molecular weight excluding hydrogens is 303 g/mol. The molecule has 0 bridgehead atoms. The van der Waals surface area contributed by atoms with Crippen LogP contribution in [0.15, 0.2) is 48.1 Å². The van der Waals surface area contributed by atoms with Crippen LogP contribution < -0.4 is 10.6 Å². The van der Waals surface area contributed by atoms with Crippen LogP contribution >= 0.6 is 0 Å². The maximum absolute atomic E-state index is 13.2. The van der Waals surface area contributed by atoms with Crippen molar-refractivity contribution >= 4 is 11.6 Å². The Morgan fingerprint density at radius 2 is 2.17 bits per heavy atom. The summed E-state index contributed by atoms with van der Waals surface area (Å²) in [6, 6.07) is 6.61. The molecule has 3 aliphatic rings. The van der Waals surface area contributed by atoms with Gasteiger partial charge in [0.2, 0.25) is 5.91 Å². The van der Waals surface area contributed by atoms with Gasteiger partial charge in [0.05, 0.1) is 5.92 Å². The van der Waals surface area contributed by atoms with E-state index >= 15 is 0 Å². The lowest BCUT2D eigenvalue weighted by molar-refractivity contribution is -0.118. The summed E-state index contributed by atoms with van der Waals surface area (Å²) in [6.45, 7) is 1.14. The molecule has 0 radical (unpaired) electrons. The molecule has 1 amide bonds. The van der Waals surface area contributed by atoms with Crippen molar-refractivity contribution in [1.29, 1.82) is 0 Å². The molecule has 0 spiro atoms. The molecule has 3 atom stereocenters. The Kier molecular flexibility index (Phi) is 4.23. The minimum absolute atomic E-state index is 0.0643. The van der Waals surface area contributed by atoms with Gasteiger partial charge in [0.1, 0.15) is 5.82 Å². The van der Waals surface area contributed by atoms with Crippen LogP contribution in [0.3, 0.4) is 0 Å². The second-order valence-electron chi connectivity index (χ2n) is 7.21. The van der Waals surface area contributed by atoms with Gasteiger partial charge in [-0.2, -0.15) is 0 Å². The summed E-state index contributed by atoms with van der Waals surface area (Å²) in [5.74, 6) is 0.871. The Bertz CT molecular complexity index is 693. The van der Waals surface area contributed by atoms with Gasteiger partial charge in [-0.25, -0.2) is 4.39 Å². The minimum atomic E-state index is -0.338. The van der Waals surface area contributed by atoms with Crippen molar-refractivity contribution in [3.63, 3.8) is 0 Å². The number of amides is 1. The maximum atomic E-state index is 13.2. The predicted molar refractivity (Wildman–Crippen MR) is 93.0 cm³/mol. The fraction of sp³-hybridized carbons (Fsp3) is 0.450. The Labute approximate surface area is 142 Å². The number of benzene rings is 1. The molecule has 1 aromatic rings. The van der Waals surface area contributed by atoms with Crippen molar-refractivity contribution < 1.29 is 9.18 Å². The van der Waals surface area contributed by atoms with E-state index in [2.05, 4.69) is 28.9 Å². The highest BCUT2D eigenvalue weighted by Gasteiger charge is 2.40. The molecule has 4 rings (SSSR count). The molecule has 2 N–H and O–H groups in total. The summed E-state index contributed by atoms with van der Waals surface area (Å²) in [4.78, 5) is 12.4. The second-order valence-corrected chi connectivity index (χ2v) is 7.21. The lowest BCUT2D eigenvalue weighted by atomic mass is 9.93. The fourth-order valence-corrected chi connectivity index (χ4v) is 3.37. The summed E-state index contributed by atoms with van der Waals surface area (Å²) >= 11 is 0. The van der Waals surface area contributed by atoms with Crippen molar-refractivity contribution in [2.75, 3.05) is 11.9 Å². The fourth-order valence-electron chi connectivity index (χ4n) is 3.37. The topological polar surface area (TPSA) is 41.1 Å². The van der Waals surface area contributed by atoms with Gasteiger partial charge < -0.3 is 10.6 Å². The van der Waals surface area contributed by atoms with Gasteiger partial charge in [0, 0.05) is 17.6 Å². The molecule has 126 valence electrons. The SMILES string of the molecule is O=C(Nc1cccc(F)c1)C1C=C(C2CC2NCC2CC2)C=CC1. The lowest BCUT2D eigenvalue weighted by Crippen LogP contribution is -2.24. The lowest BCUT2D eigenvalue weighted by Gasteiger charge is -2.17. The van der Waals surface area contributed by atoms with Gasteiger partial charge in [-0.15, -0.1) is 0 Å². The van der Waals surface area contributed by atoms with E-state index in [1.807, 2.05) is 0 Å². The third kappa shape index (κ3) is 3.75. The molecule has 0 aliphatic heterocycles. The van der Waals surface area contributed by atoms with Gasteiger partial charge >= 0.3 is 0 Å². The zero-order chi connectivity index (χ0) is 16.5. The molecule has 4 heteroatoms. The molecule has 2 saturated carbocycles. The molecule has 1 aromatic carbocycles. The zero-order valence-corrected chi connectivity index (χ0v) is 13.7. The van der Waals surface area contributed by atoms with Crippen LogP contribution in [0.2, 0.25) is 0 Å². The monoisotopic (exact) mass is 326 g/mol. The number of hydrogen-bond donors (Lipinski definition) is 2. The van der Waals surface area contributed by atoms with Gasteiger partial charge in [0.25, 0.3) is 0 Å². The van der Waals surface area contributed by atoms with E-state index in [0.29, 0.717) is 24.1 Å². The summed E-state index contributed by atoms with van der Waals surface area (Å²) in [6.07, 6.45) is 11.0. The number of rotatable bonds is 6. The summed E-state index contributed by atoms with van der Waals surface area (Å²) < 4.78 is 13.2. The Morgan fingerprint density at radius 3 is 2.96 bits per heavy atom. The van der Waals surface area contributed by atoms with Crippen LogP contribution in [0.25, 0.3) is 0 Å². The first kappa shape index (κ1) is 15.6. The molecule has 3 aliphatic carbocycles. The van der Waals surface area contributed by atoms with E-state index in [4.69, 9.17) is 0 Å². The highest BCUT2D eigenvalue weighted by Crippen LogP contribution is 2.41. The average molecular weight is 326 g/mol. The Hall–Kier alpha value is -1.94. The van der Waals surface area contributed by atoms with Crippen molar-refractivity contribution in [2.24, 2.45) is 17.8 Å². The van der Waals surface area contributed by atoms with E-state index < -0.39 is 0 Å².